The minimum Gasteiger partial charge on any atom is -0.505 e. The molecule has 19 heavy (non-hydrogen) atoms. The molecule has 7 heteroatoms. The number of carbonyl (C=O) groups is 1. The van der Waals surface area contributed by atoms with E-state index in [9.17, 15) is 14.3 Å². The Morgan fingerprint density at radius 1 is 1.58 bits per heavy atom. The van der Waals surface area contributed by atoms with E-state index in [0.29, 0.717) is 0 Å². The van der Waals surface area contributed by atoms with Gasteiger partial charge >= 0.3 is 5.97 Å². The molecule has 106 valence electrons. The molecule has 1 aromatic rings. The molecule has 0 saturated carbocycles. The number of carboxylic acid groups (broad SMARTS) is 1. The monoisotopic (exact) mass is 291 g/mol. The average molecular weight is 292 g/mol. The van der Waals surface area contributed by atoms with E-state index < -0.39 is 29.7 Å². The van der Waals surface area contributed by atoms with E-state index in [-0.39, 0.29) is 17.1 Å². The number of hydrogen-bond donors (Lipinski definition) is 3. The van der Waals surface area contributed by atoms with Gasteiger partial charge < -0.3 is 14.9 Å². The highest BCUT2D eigenvalue weighted by Gasteiger charge is 2.24. The van der Waals surface area contributed by atoms with Gasteiger partial charge in [-0.25, -0.2) is 4.39 Å². The molecule has 0 spiro atoms. The second-order valence-electron chi connectivity index (χ2n) is 4.03. The van der Waals surface area contributed by atoms with Crippen LogP contribution in [0.5, 0.6) is 5.75 Å². The second kappa shape index (κ2) is 6.70. The van der Waals surface area contributed by atoms with Crippen LogP contribution in [0.3, 0.4) is 0 Å². The van der Waals surface area contributed by atoms with Gasteiger partial charge in [0.2, 0.25) is 0 Å². The van der Waals surface area contributed by atoms with Gasteiger partial charge in [-0.1, -0.05) is 11.6 Å². The largest absolute Gasteiger partial charge is 0.505 e. The maximum Gasteiger partial charge on any atom is 0.323 e. The highest BCUT2D eigenvalue weighted by atomic mass is 35.5. The standard InChI is InChI=1S/C12H15ClFNO4/c1-6(19-2)10(12(17)18)15-5-7-3-8(13)4-9(14)11(7)16/h3-4,6,10,15-16H,5H2,1-2H3,(H,17,18)/t6-,10+/m1/s1. The molecular weight excluding hydrogens is 277 g/mol. The molecule has 5 nitrogen and oxygen atoms in total. The van der Waals surface area contributed by atoms with Gasteiger partial charge in [-0.15, -0.1) is 0 Å². The minimum atomic E-state index is -1.10. The fourth-order valence-corrected chi connectivity index (χ4v) is 1.79. The lowest BCUT2D eigenvalue weighted by Crippen LogP contribution is -2.45. The van der Waals surface area contributed by atoms with E-state index in [1.54, 1.807) is 6.92 Å². The van der Waals surface area contributed by atoms with Crippen LogP contribution in [0.4, 0.5) is 4.39 Å². The quantitative estimate of drug-likeness (QED) is 0.744. The Hall–Kier alpha value is -1.37. The predicted octanol–water partition coefficient (Wildman–Crippen LogP) is 1.76. The molecule has 0 amide bonds. The number of rotatable bonds is 6. The van der Waals surface area contributed by atoms with Crippen molar-refractivity contribution >= 4 is 17.6 Å². The average Bonchev–Trinajstić information content (AvgIpc) is 2.34. The molecule has 1 rings (SSSR count). The highest BCUT2D eigenvalue weighted by molar-refractivity contribution is 6.30. The highest BCUT2D eigenvalue weighted by Crippen LogP contribution is 2.25. The van der Waals surface area contributed by atoms with E-state index in [1.807, 2.05) is 0 Å². The van der Waals surface area contributed by atoms with Crippen molar-refractivity contribution in [1.82, 2.24) is 5.32 Å². The summed E-state index contributed by atoms with van der Waals surface area (Å²) in [6.45, 7) is 1.54. The Morgan fingerprint density at radius 3 is 2.74 bits per heavy atom. The number of aliphatic carboxylic acids is 1. The van der Waals surface area contributed by atoms with Gasteiger partial charge in [0.05, 0.1) is 6.10 Å². The maximum absolute atomic E-state index is 13.2. The van der Waals surface area contributed by atoms with Crippen LogP contribution in [0, 0.1) is 5.82 Å². The molecule has 0 fully saturated rings. The molecule has 3 N–H and O–H groups in total. The first-order valence-corrected chi connectivity index (χ1v) is 5.90. The molecule has 0 unspecified atom stereocenters. The second-order valence-corrected chi connectivity index (χ2v) is 4.47. The van der Waals surface area contributed by atoms with Crippen LogP contribution >= 0.6 is 11.6 Å². The van der Waals surface area contributed by atoms with Gasteiger partial charge in [-0.3, -0.25) is 10.1 Å². The molecule has 0 aliphatic heterocycles. The van der Waals surface area contributed by atoms with E-state index in [4.69, 9.17) is 21.4 Å². The molecule has 0 radical (unpaired) electrons. The number of hydrogen-bond acceptors (Lipinski definition) is 4. The summed E-state index contributed by atoms with van der Waals surface area (Å²) in [6, 6.07) is 1.36. The zero-order chi connectivity index (χ0) is 14.6. The number of carboxylic acids is 1. The molecule has 0 saturated heterocycles. The van der Waals surface area contributed by atoms with E-state index in [2.05, 4.69) is 5.32 Å². The summed E-state index contributed by atoms with van der Waals surface area (Å²) in [5, 5.41) is 21.3. The molecule has 0 heterocycles. The summed E-state index contributed by atoms with van der Waals surface area (Å²) in [5.41, 5.74) is 0.180. The normalized spacial score (nSPS) is 14.1. The smallest absolute Gasteiger partial charge is 0.323 e. The van der Waals surface area contributed by atoms with Crippen LogP contribution in [0.1, 0.15) is 12.5 Å². The van der Waals surface area contributed by atoms with E-state index in [0.717, 1.165) is 6.07 Å². The molecule has 0 bridgehead atoms. The van der Waals surface area contributed by atoms with Gasteiger partial charge in [-0.2, -0.15) is 0 Å². The van der Waals surface area contributed by atoms with Crippen LogP contribution in [0.2, 0.25) is 5.02 Å². The summed E-state index contributed by atoms with van der Waals surface area (Å²) in [6.07, 6.45) is -0.580. The maximum atomic E-state index is 13.2. The third-order valence-corrected chi connectivity index (χ3v) is 2.95. The van der Waals surface area contributed by atoms with Crippen LogP contribution in [0.25, 0.3) is 0 Å². The number of aromatic hydroxyl groups is 1. The lowest BCUT2D eigenvalue weighted by atomic mass is 10.1. The van der Waals surface area contributed by atoms with E-state index >= 15 is 0 Å². The SMILES string of the molecule is CO[C@H](C)[C@H](NCc1cc(Cl)cc(F)c1O)C(=O)O. The van der Waals surface area contributed by atoms with Crippen LogP contribution in [-0.4, -0.2) is 35.4 Å². The Kier molecular flexibility index (Phi) is 5.53. The van der Waals surface area contributed by atoms with Crippen molar-refractivity contribution in [3.8, 4) is 5.75 Å². The first-order valence-electron chi connectivity index (χ1n) is 5.52. The van der Waals surface area contributed by atoms with Crippen molar-refractivity contribution in [3.05, 3.63) is 28.5 Å². The van der Waals surface area contributed by atoms with Crippen LogP contribution in [0.15, 0.2) is 12.1 Å². The molecule has 0 aliphatic rings. The first kappa shape index (κ1) is 15.7. The Labute approximate surface area is 115 Å². The number of benzene rings is 1. The minimum absolute atomic E-state index is 0.0476. The Balaban J connectivity index is 2.83. The fourth-order valence-electron chi connectivity index (χ4n) is 1.56. The fraction of sp³-hybridized carbons (Fsp3) is 0.417. The molecule has 0 aliphatic carbocycles. The number of nitrogens with one attached hydrogen (secondary N) is 1. The molecule has 1 aromatic carbocycles. The van der Waals surface area contributed by atoms with Crippen molar-refractivity contribution < 1.29 is 24.1 Å². The number of phenols is 1. The Morgan fingerprint density at radius 2 is 2.21 bits per heavy atom. The van der Waals surface area contributed by atoms with Crippen molar-refractivity contribution in [2.75, 3.05) is 7.11 Å². The van der Waals surface area contributed by atoms with Gasteiger partial charge in [-0.05, 0) is 19.1 Å². The van der Waals surface area contributed by atoms with Crippen LogP contribution in [-0.2, 0) is 16.1 Å². The van der Waals surface area contributed by atoms with Gasteiger partial charge in [0.1, 0.15) is 6.04 Å². The summed E-state index contributed by atoms with van der Waals surface area (Å²) in [4.78, 5) is 11.0. The van der Waals surface area contributed by atoms with Crippen molar-refractivity contribution in [2.24, 2.45) is 0 Å². The lowest BCUT2D eigenvalue weighted by molar-refractivity contribution is -0.142. The predicted molar refractivity (Wildman–Crippen MR) is 67.8 cm³/mol. The first-order chi connectivity index (χ1) is 8.86. The zero-order valence-electron chi connectivity index (χ0n) is 10.5. The van der Waals surface area contributed by atoms with Crippen molar-refractivity contribution in [2.45, 2.75) is 25.6 Å². The Bertz CT molecular complexity index is 469. The summed E-state index contributed by atoms with van der Waals surface area (Å²) < 4.78 is 18.2. The summed E-state index contributed by atoms with van der Waals surface area (Å²) in [7, 11) is 1.39. The van der Waals surface area contributed by atoms with Gasteiger partial charge in [0.25, 0.3) is 0 Å². The topological polar surface area (TPSA) is 78.8 Å². The third kappa shape index (κ3) is 4.05. The zero-order valence-corrected chi connectivity index (χ0v) is 11.2. The van der Waals surface area contributed by atoms with E-state index in [1.165, 1.54) is 13.2 Å². The number of ether oxygens (including phenoxy) is 1. The number of phenolic OH excluding ortho intramolecular Hbond substituents is 1. The van der Waals surface area contributed by atoms with Gasteiger partial charge in [0.15, 0.2) is 11.6 Å². The lowest BCUT2D eigenvalue weighted by Gasteiger charge is -2.20. The van der Waals surface area contributed by atoms with Crippen molar-refractivity contribution in [3.63, 3.8) is 0 Å². The molecule has 2 atom stereocenters. The number of methoxy groups -OCH3 is 1. The third-order valence-electron chi connectivity index (χ3n) is 2.73. The molecule has 0 aromatic heterocycles. The van der Waals surface area contributed by atoms with Crippen LogP contribution < -0.4 is 5.32 Å². The summed E-state index contributed by atoms with van der Waals surface area (Å²) >= 11 is 5.67. The number of halogens is 2. The van der Waals surface area contributed by atoms with Gasteiger partial charge in [0, 0.05) is 24.2 Å². The summed E-state index contributed by atoms with van der Waals surface area (Å²) in [5.74, 6) is -2.50. The van der Waals surface area contributed by atoms with Crippen molar-refractivity contribution in [1.29, 1.82) is 0 Å². The molecular formula is C12H15ClFNO4.